The first-order valence-electron chi connectivity index (χ1n) is 11.6. The topological polar surface area (TPSA) is 84.9 Å². The van der Waals surface area contributed by atoms with Crippen molar-refractivity contribution in [1.29, 1.82) is 0 Å². The molecule has 6 nitrogen and oxygen atoms in total. The van der Waals surface area contributed by atoms with Crippen LogP contribution in [0.15, 0.2) is 42.5 Å². The number of rotatable bonds is 9. The molecule has 0 fully saturated rings. The number of methoxy groups -OCH3 is 1. The molecule has 0 heterocycles. The summed E-state index contributed by atoms with van der Waals surface area (Å²) in [4.78, 5) is 26.1. The minimum absolute atomic E-state index is 0.0129. The van der Waals surface area contributed by atoms with Gasteiger partial charge < -0.3 is 19.9 Å². The molecule has 0 atom stereocenters. The molecule has 0 aromatic heterocycles. The molecule has 0 bridgehead atoms. The zero-order valence-electron chi connectivity index (χ0n) is 21.7. The van der Waals surface area contributed by atoms with Crippen LogP contribution in [-0.4, -0.2) is 36.3 Å². The molecule has 0 aliphatic carbocycles. The maximum absolute atomic E-state index is 13.3. The van der Waals surface area contributed by atoms with Crippen molar-refractivity contribution in [3.63, 3.8) is 0 Å². The highest BCUT2D eigenvalue weighted by molar-refractivity contribution is 5.96. The van der Waals surface area contributed by atoms with E-state index in [1.807, 2.05) is 78.8 Å². The monoisotopic (exact) mass is 469 g/mol. The van der Waals surface area contributed by atoms with Crippen LogP contribution in [0.1, 0.15) is 81.9 Å². The molecule has 2 aromatic rings. The van der Waals surface area contributed by atoms with E-state index in [2.05, 4.69) is 5.32 Å². The van der Waals surface area contributed by atoms with Crippen molar-refractivity contribution in [3.8, 4) is 5.75 Å². The second kappa shape index (κ2) is 10.6. The molecule has 6 heteroatoms. The van der Waals surface area contributed by atoms with E-state index < -0.39 is 22.5 Å². The predicted molar refractivity (Wildman–Crippen MR) is 134 cm³/mol. The van der Waals surface area contributed by atoms with Gasteiger partial charge in [-0.05, 0) is 69.7 Å². The van der Waals surface area contributed by atoms with Crippen LogP contribution >= 0.6 is 0 Å². The van der Waals surface area contributed by atoms with Gasteiger partial charge in [-0.3, -0.25) is 9.59 Å². The molecule has 0 radical (unpaired) electrons. The highest BCUT2D eigenvalue weighted by Crippen LogP contribution is 2.38. The van der Waals surface area contributed by atoms with Crippen LogP contribution < -0.4 is 10.1 Å². The maximum atomic E-state index is 13.3. The average Bonchev–Trinajstić information content (AvgIpc) is 2.71. The van der Waals surface area contributed by atoms with Gasteiger partial charge in [-0.25, -0.2) is 0 Å². The van der Waals surface area contributed by atoms with Gasteiger partial charge in [-0.15, -0.1) is 0 Å². The van der Waals surface area contributed by atoms with Crippen molar-refractivity contribution in [2.24, 2.45) is 0 Å². The maximum Gasteiger partial charge on any atom is 0.310 e. The number of nitrogens with one attached hydrogen (secondary N) is 1. The standard InChI is InChI=1S/C28H39NO5/c1-26(2,3)34-23(31)18-19-16-20(17-22(33-8)24(19)27(4,5)14-15-30)25(32)29-28(6,7)21-12-10-9-11-13-21/h9-13,16-17,30H,14-15,18H2,1-8H3,(H,29,32). The second-order valence-electron chi connectivity index (χ2n) is 10.8. The van der Waals surface area contributed by atoms with Crippen LogP contribution in [0.2, 0.25) is 0 Å². The van der Waals surface area contributed by atoms with Gasteiger partial charge in [0.1, 0.15) is 11.4 Å². The number of ether oxygens (including phenoxy) is 2. The van der Waals surface area contributed by atoms with Crippen molar-refractivity contribution < 1.29 is 24.2 Å². The molecule has 0 saturated carbocycles. The van der Waals surface area contributed by atoms with Gasteiger partial charge in [0.15, 0.2) is 0 Å². The lowest BCUT2D eigenvalue weighted by molar-refractivity contribution is -0.153. The quantitative estimate of drug-likeness (QED) is 0.510. The average molecular weight is 470 g/mol. The smallest absolute Gasteiger partial charge is 0.310 e. The van der Waals surface area contributed by atoms with Gasteiger partial charge in [0.25, 0.3) is 5.91 Å². The van der Waals surface area contributed by atoms with E-state index in [4.69, 9.17) is 9.47 Å². The Balaban J connectivity index is 2.53. The van der Waals surface area contributed by atoms with Crippen LogP contribution in [0.25, 0.3) is 0 Å². The molecule has 2 rings (SSSR count). The first kappa shape index (κ1) is 27.4. The van der Waals surface area contributed by atoms with E-state index in [9.17, 15) is 14.7 Å². The predicted octanol–water partition coefficient (Wildman–Crippen LogP) is 4.90. The van der Waals surface area contributed by atoms with Gasteiger partial charge >= 0.3 is 5.97 Å². The summed E-state index contributed by atoms with van der Waals surface area (Å²) < 4.78 is 11.2. The summed E-state index contributed by atoms with van der Waals surface area (Å²) in [5.74, 6) is -0.163. The van der Waals surface area contributed by atoms with Crippen molar-refractivity contribution in [2.75, 3.05) is 13.7 Å². The molecule has 34 heavy (non-hydrogen) atoms. The lowest BCUT2D eigenvalue weighted by Crippen LogP contribution is -2.41. The summed E-state index contributed by atoms with van der Waals surface area (Å²) >= 11 is 0. The molecular formula is C28H39NO5. The van der Waals surface area contributed by atoms with E-state index >= 15 is 0 Å². The summed E-state index contributed by atoms with van der Waals surface area (Å²) in [5, 5.41) is 12.7. The van der Waals surface area contributed by atoms with Crippen LogP contribution in [0.5, 0.6) is 5.75 Å². The second-order valence-corrected chi connectivity index (χ2v) is 10.8. The third-order valence-corrected chi connectivity index (χ3v) is 5.76. The van der Waals surface area contributed by atoms with Gasteiger partial charge in [0.2, 0.25) is 0 Å². The highest BCUT2D eigenvalue weighted by Gasteiger charge is 2.31. The fourth-order valence-corrected chi connectivity index (χ4v) is 4.09. The van der Waals surface area contributed by atoms with Crippen LogP contribution in [0.3, 0.4) is 0 Å². The molecule has 2 N–H and O–H groups in total. The third-order valence-electron chi connectivity index (χ3n) is 5.76. The zero-order valence-corrected chi connectivity index (χ0v) is 21.7. The molecular weight excluding hydrogens is 430 g/mol. The van der Waals surface area contributed by atoms with Crippen LogP contribution in [0, 0.1) is 0 Å². The Hall–Kier alpha value is -2.86. The van der Waals surface area contributed by atoms with Gasteiger partial charge in [0.05, 0.1) is 19.1 Å². The molecule has 0 aliphatic rings. The summed E-state index contributed by atoms with van der Waals surface area (Å²) in [6.07, 6.45) is 0.457. The van der Waals surface area contributed by atoms with Crippen LogP contribution in [-0.2, 0) is 26.9 Å². The molecule has 0 saturated heterocycles. The van der Waals surface area contributed by atoms with E-state index in [0.29, 0.717) is 23.3 Å². The summed E-state index contributed by atoms with van der Waals surface area (Å²) in [5.41, 5.74) is 1.08. The van der Waals surface area contributed by atoms with E-state index in [0.717, 1.165) is 11.1 Å². The lowest BCUT2D eigenvalue weighted by Gasteiger charge is -2.31. The summed E-state index contributed by atoms with van der Waals surface area (Å²) in [7, 11) is 1.54. The van der Waals surface area contributed by atoms with E-state index in [-0.39, 0.29) is 18.9 Å². The third kappa shape index (κ3) is 7.07. The van der Waals surface area contributed by atoms with Gasteiger partial charge in [0, 0.05) is 17.7 Å². The number of aliphatic hydroxyl groups is 1. The first-order chi connectivity index (χ1) is 15.7. The van der Waals surface area contributed by atoms with E-state index in [1.165, 1.54) is 0 Å². The fourth-order valence-electron chi connectivity index (χ4n) is 4.09. The number of benzene rings is 2. The number of carbonyl (C=O) groups excluding carboxylic acids is 2. The number of esters is 1. The molecule has 0 spiro atoms. The Kier molecular flexibility index (Phi) is 8.54. The molecule has 0 aliphatic heterocycles. The Labute approximate surface area is 203 Å². The zero-order chi connectivity index (χ0) is 25.7. The van der Waals surface area contributed by atoms with Crippen molar-refractivity contribution in [1.82, 2.24) is 5.32 Å². The molecule has 1 amide bonds. The molecule has 2 aromatic carbocycles. The largest absolute Gasteiger partial charge is 0.496 e. The highest BCUT2D eigenvalue weighted by atomic mass is 16.6. The number of amides is 1. The Morgan fingerprint density at radius 3 is 2.12 bits per heavy atom. The Morgan fingerprint density at radius 1 is 0.971 bits per heavy atom. The van der Waals surface area contributed by atoms with Gasteiger partial charge in [-0.2, -0.15) is 0 Å². The Morgan fingerprint density at radius 2 is 1.59 bits per heavy atom. The minimum atomic E-state index is -0.628. The first-order valence-corrected chi connectivity index (χ1v) is 11.6. The number of hydrogen-bond acceptors (Lipinski definition) is 5. The normalized spacial score (nSPS) is 12.3. The minimum Gasteiger partial charge on any atom is -0.496 e. The Bertz CT molecular complexity index is 1000. The van der Waals surface area contributed by atoms with Crippen molar-refractivity contribution >= 4 is 11.9 Å². The van der Waals surface area contributed by atoms with Crippen molar-refractivity contribution in [2.45, 2.75) is 77.9 Å². The van der Waals surface area contributed by atoms with E-state index in [1.54, 1.807) is 19.2 Å². The van der Waals surface area contributed by atoms with Crippen molar-refractivity contribution in [3.05, 3.63) is 64.7 Å². The summed E-state index contributed by atoms with van der Waals surface area (Å²) in [6, 6.07) is 13.2. The molecule has 0 unspecified atom stereocenters. The SMILES string of the molecule is COc1cc(C(=O)NC(C)(C)c2ccccc2)cc(CC(=O)OC(C)(C)C)c1C(C)(C)CCO. The van der Waals surface area contributed by atoms with Gasteiger partial charge in [-0.1, -0.05) is 44.2 Å². The molecule has 186 valence electrons. The van der Waals surface area contributed by atoms with Crippen LogP contribution in [0.4, 0.5) is 0 Å². The fraction of sp³-hybridized carbons (Fsp3) is 0.500. The number of aliphatic hydroxyl groups excluding tert-OH is 1. The number of carbonyl (C=O) groups is 2. The summed E-state index contributed by atoms with van der Waals surface area (Å²) in [6.45, 7) is 13.3. The number of hydrogen-bond donors (Lipinski definition) is 2. The lowest BCUT2D eigenvalue weighted by atomic mass is 9.77.